The van der Waals surface area contributed by atoms with Crippen LogP contribution in [0.1, 0.15) is 67.2 Å². The van der Waals surface area contributed by atoms with Gasteiger partial charge in [-0.15, -0.1) is 0 Å². The molecule has 2 fully saturated rings. The number of carbonyl (C=O) groups is 1. The fourth-order valence-electron chi connectivity index (χ4n) is 5.46. The van der Waals surface area contributed by atoms with E-state index in [1.165, 1.54) is 49.0 Å². The molecule has 2 aromatic rings. The molecule has 2 unspecified atom stereocenters. The second kappa shape index (κ2) is 8.81. The first kappa shape index (κ1) is 19.6. The topological polar surface area (TPSA) is 32.8 Å². The van der Waals surface area contributed by atoms with Gasteiger partial charge in [0.1, 0.15) is 5.75 Å². The highest BCUT2D eigenvalue weighted by atomic mass is 16.5. The van der Waals surface area contributed by atoms with E-state index in [1.807, 2.05) is 0 Å². The summed E-state index contributed by atoms with van der Waals surface area (Å²) >= 11 is 0. The van der Waals surface area contributed by atoms with Crippen LogP contribution < -0.4 is 4.74 Å². The number of amides is 1. The highest BCUT2D eigenvalue weighted by Gasteiger charge is 2.40. The Hall–Kier alpha value is -2.33. The number of ether oxygens (including phenoxy) is 1. The number of benzene rings is 2. The van der Waals surface area contributed by atoms with Crippen LogP contribution in [0.4, 0.5) is 0 Å². The molecule has 0 spiro atoms. The molecule has 0 saturated carbocycles. The molecule has 0 bridgehead atoms. The van der Waals surface area contributed by atoms with Gasteiger partial charge in [0.25, 0.3) is 0 Å². The predicted molar refractivity (Wildman–Crippen MR) is 119 cm³/mol. The zero-order chi connectivity index (χ0) is 20.3. The lowest BCUT2D eigenvalue weighted by Crippen LogP contribution is -2.37. The number of likely N-dealkylation sites (tertiary alicyclic amines) is 1. The number of piperidine rings is 1. The third kappa shape index (κ3) is 3.98. The van der Waals surface area contributed by atoms with Crippen molar-refractivity contribution in [1.29, 1.82) is 0 Å². The van der Waals surface area contributed by atoms with Crippen molar-refractivity contribution in [1.82, 2.24) is 9.80 Å². The maximum Gasteiger partial charge on any atom is 0.223 e. The van der Waals surface area contributed by atoms with Crippen molar-refractivity contribution in [2.24, 2.45) is 0 Å². The summed E-state index contributed by atoms with van der Waals surface area (Å²) in [7, 11) is 0. The Bertz CT molecular complexity index is 876. The third-order valence-electron chi connectivity index (χ3n) is 7.04. The molecule has 0 aliphatic carbocycles. The van der Waals surface area contributed by atoms with Gasteiger partial charge >= 0.3 is 0 Å². The first-order valence-corrected chi connectivity index (χ1v) is 11.6. The van der Waals surface area contributed by atoms with Crippen LogP contribution in [0.3, 0.4) is 0 Å². The van der Waals surface area contributed by atoms with Gasteiger partial charge in [-0.2, -0.15) is 0 Å². The van der Waals surface area contributed by atoms with Crippen LogP contribution >= 0.6 is 0 Å². The highest BCUT2D eigenvalue weighted by molar-refractivity contribution is 5.80. The van der Waals surface area contributed by atoms with Gasteiger partial charge in [0, 0.05) is 25.4 Å². The maximum atomic E-state index is 12.5. The largest absolute Gasteiger partial charge is 0.494 e. The summed E-state index contributed by atoms with van der Waals surface area (Å²) in [6.07, 6.45) is 6.74. The first-order chi connectivity index (χ1) is 14.8. The van der Waals surface area contributed by atoms with Crippen molar-refractivity contribution < 1.29 is 9.53 Å². The number of hydrogen-bond donors (Lipinski definition) is 0. The summed E-state index contributed by atoms with van der Waals surface area (Å²) in [6, 6.07) is 17.4. The number of nitrogens with zero attached hydrogens (tertiary/aromatic N) is 2. The van der Waals surface area contributed by atoms with Gasteiger partial charge in [0.2, 0.25) is 5.91 Å². The molecule has 30 heavy (non-hydrogen) atoms. The normalized spacial score (nSPS) is 23.9. The van der Waals surface area contributed by atoms with Crippen LogP contribution in [0.2, 0.25) is 0 Å². The molecule has 0 radical (unpaired) electrons. The summed E-state index contributed by atoms with van der Waals surface area (Å²) < 4.78 is 6.17. The van der Waals surface area contributed by atoms with Crippen LogP contribution in [0.25, 0.3) is 0 Å². The van der Waals surface area contributed by atoms with E-state index in [0.29, 0.717) is 12.3 Å². The van der Waals surface area contributed by atoms with Crippen molar-refractivity contribution in [3.8, 4) is 5.75 Å². The summed E-state index contributed by atoms with van der Waals surface area (Å²) in [6.45, 7) is 5.16. The Labute approximate surface area is 179 Å². The standard InChI is InChI=1S/C26H32N2O2/c29-26-13-12-25-22-11-10-21(30-17-7-16-27-14-5-2-6-15-27)18-23(22)24(19-28(25)26)20-8-3-1-4-9-20/h1,3-4,8-11,18,24-25H,2,5-7,12-17,19H2. The van der Waals surface area contributed by atoms with Crippen molar-refractivity contribution in [2.75, 3.05) is 32.8 Å². The molecule has 4 nitrogen and oxygen atoms in total. The quantitative estimate of drug-likeness (QED) is 0.652. The molecule has 3 heterocycles. The van der Waals surface area contributed by atoms with E-state index in [4.69, 9.17) is 4.74 Å². The van der Waals surface area contributed by atoms with Crippen LogP contribution in [-0.2, 0) is 4.79 Å². The highest BCUT2D eigenvalue weighted by Crippen LogP contribution is 2.45. The molecule has 4 heteroatoms. The number of carbonyl (C=O) groups excluding carboxylic acids is 1. The molecular weight excluding hydrogens is 372 g/mol. The fourth-order valence-corrected chi connectivity index (χ4v) is 5.46. The Balaban J connectivity index is 1.32. The van der Waals surface area contributed by atoms with E-state index in [-0.39, 0.29) is 12.0 Å². The van der Waals surface area contributed by atoms with E-state index in [2.05, 4.69) is 58.3 Å². The van der Waals surface area contributed by atoms with Crippen LogP contribution in [-0.4, -0.2) is 48.5 Å². The van der Waals surface area contributed by atoms with Crippen molar-refractivity contribution in [3.63, 3.8) is 0 Å². The average molecular weight is 405 g/mol. The van der Waals surface area contributed by atoms with Gasteiger partial charge < -0.3 is 14.5 Å². The molecule has 3 aliphatic rings. The second-order valence-electron chi connectivity index (χ2n) is 8.96. The van der Waals surface area contributed by atoms with E-state index >= 15 is 0 Å². The van der Waals surface area contributed by atoms with Gasteiger partial charge in [-0.25, -0.2) is 0 Å². The third-order valence-corrected chi connectivity index (χ3v) is 7.04. The smallest absolute Gasteiger partial charge is 0.223 e. The second-order valence-corrected chi connectivity index (χ2v) is 8.96. The zero-order valence-corrected chi connectivity index (χ0v) is 17.8. The predicted octanol–water partition coefficient (Wildman–Crippen LogP) is 4.75. The van der Waals surface area contributed by atoms with Gasteiger partial charge in [-0.1, -0.05) is 42.8 Å². The van der Waals surface area contributed by atoms with Gasteiger partial charge in [-0.3, -0.25) is 4.79 Å². The average Bonchev–Trinajstić information content (AvgIpc) is 3.18. The van der Waals surface area contributed by atoms with Gasteiger partial charge in [0.15, 0.2) is 0 Å². The molecule has 1 amide bonds. The molecule has 5 rings (SSSR count). The molecule has 2 atom stereocenters. The van der Waals surface area contributed by atoms with Gasteiger partial charge in [-0.05, 0) is 67.6 Å². The molecule has 0 aromatic heterocycles. The molecule has 158 valence electrons. The lowest BCUT2D eigenvalue weighted by Gasteiger charge is -2.37. The van der Waals surface area contributed by atoms with Crippen molar-refractivity contribution in [2.45, 2.75) is 50.5 Å². The van der Waals surface area contributed by atoms with Crippen LogP contribution in [0.15, 0.2) is 48.5 Å². The minimum Gasteiger partial charge on any atom is -0.494 e. The molecule has 3 aliphatic heterocycles. The summed E-state index contributed by atoms with van der Waals surface area (Å²) in [4.78, 5) is 17.1. The van der Waals surface area contributed by atoms with E-state index in [1.54, 1.807) is 0 Å². The lowest BCUT2D eigenvalue weighted by molar-refractivity contribution is -0.129. The lowest BCUT2D eigenvalue weighted by atomic mass is 9.81. The van der Waals surface area contributed by atoms with Crippen molar-refractivity contribution >= 4 is 5.91 Å². The minimum absolute atomic E-state index is 0.219. The fraction of sp³-hybridized carbons (Fsp3) is 0.500. The Morgan fingerprint density at radius 1 is 0.967 bits per heavy atom. The minimum atomic E-state index is 0.219. The van der Waals surface area contributed by atoms with E-state index < -0.39 is 0 Å². The summed E-state index contributed by atoms with van der Waals surface area (Å²) in [5.74, 6) is 1.48. The summed E-state index contributed by atoms with van der Waals surface area (Å²) in [5.41, 5.74) is 3.92. The molecule has 2 aromatic carbocycles. The van der Waals surface area contributed by atoms with Gasteiger partial charge in [0.05, 0.1) is 12.6 Å². The van der Waals surface area contributed by atoms with Crippen LogP contribution in [0.5, 0.6) is 5.75 Å². The Morgan fingerprint density at radius 3 is 2.63 bits per heavy atom. The molecular formula is C26H32N2O2. The first-order valence-electron chi connectivity index (χ1n) is 11.6. The Kier molecular flexibility index (Phi) is 5.76. The molecule has 0 N–H and O–H groups in total. The monoisotopic (exact) mass is 404 g/mol. The maximum absolute atomic E-state index is 12.5. The van der Waals surface area contributed by atoms with Crippen LogP contribution in [0, 0.1) is 0 Å². The SMILES string of the molecule is O=C1CCC2c3ccc(OCCCN4CCCCC4)cc3C(c3ccccc3)CN12. The summed E-state index contributed by atoms with van der Waals surface area (Å²) in [5, 5.41) is 0. The number of hydrogen-bond acceptors (Lipinski definition) is 3. The zero-order valence-electron chi connectivity index (χ0n) is 17.8. The Morgan fingerprint density at radius 2 is 1.80 bits per heavy atom. The van der Waals surface area contributed by atoms with E-state index in [0.717, 1.165) is 38.3 Å². The number of rotatable bonds is 6. The van der Waals surface area contributed by atoms with Crippen molar-refractivity contribution in [3.05, 3.63) is 65.2 Å². The number of fused-ring (bicyclic) bond motifs is 3. The molecule has 2 saturated heterocycles. The van der Waals surface area contributed by atoms with E-state index in [9.17, 15) is 4.79 Å².